The van der Waals surface area contributed by atoms with Crippen molar-refractivity contribution in [2.45, 2.75) is 20.4 Å². The van der Waals surface area contributed by atoms with Gasteiger partial charge in [0.25, 0.3) is 5.91 Å². The smallest absolute Gasteiger partial charge is 0.259 e. The Bertz CT molecular complexity index is 527. The van der Waals surface area contributed by atoms with Crippen LogP contribution in [0.1, 0.15) is 22.2 Å². The van der Waals surface area contributed by atoms with Gasteiger partial charge in [-0.3, -0.25) is 9.48 Å². The van der Waals surface area contributed by atoms with Crippen molar-refractivity contribution in [3.05, 3.63) is 28.1 Å². The molecule has 0 spiro atoms. The largest absolute Gasteiger partial charge is 0.365 e. The lowest BCUT2D eigenvalue weighted by molar-refractivity contribution is 0.100. The minimum Gasteiger partial charge on any atom is -0.365 e. The van der Waals surface area contributed by atoms with Crippen LogP contribution < -0.4 is 5.73 Å². The molecule has 2 aromatic rings. The van der Waals surface area contributed by atoms with Crippen molar-refractivity contribution in [2.24, 2.45) is 5.73 Å². The van der Waals surface area contributed by atoms with Crippen molar-refractivity contribution in [3.8, 4) is 11.3 Å². The second-order valence-corrected chi connectivity index (χ2v) is 4.44. The van der Waals surface area contributed by atoms with Crippen molar-refractivity contribution in [1.29, 1.82) is 0 Å². The summed E-state index contributed by atoms with van der Waals surface area (Å²) in [4.78, 5) is 11.9. The molecular weight excluding hydrogens is 222 g/mol. The first-order valence-electron chi connectivity index (χ1n) is 5.05. The summed E-state index contributed by atoms with van der Waals surface area (Å²) in [7, 11) is 0. The Labute approximate surface area is 97.7 Å². The van der Waals surface area contributed by atoms with Gasteiger partial charge in [0.05, 0.1) is 11.9 Å². The van der Waals surface area contributed by atoms with Gasteiger partial charge >= 0.3 is 0 Å². The second-order valence-electron chi connectivity index (χ2n) is 3.52. The first-order valence-corrected chi connectivity index (χ1v) is 5.93. The number of primary amides is 1. The Hall–Kier alpha value is -1.62. The number of amides is 1. The van der Waals surface area contributed by atoms with E-state index in [4.69, 9.17) is 5.73 Å². The molecule has 2 heterocycles. The van der Waals surface area contributed by atoms with E-state index in [9.17, 15) is 4.79 Å². The van der Waals surface area contributed by atoms with Crippen LogP contribution in [0, 0.1) is 6.92 Å². The number of hydrogen-bond acceptors (Lipinski definition) is 3. The van der Waals surface area contributed by atoms with Crippen LogP contribution in [0.5, 0.6) is 0 Å². The first-order chi connectivity index (χ1) is 7.65. The van der Waals surface area contributed by atoms with E-state index in [1.54, 1.807) is 6.20 Å². The molecule has 84 valence electrons. The monoisotopic (exact) mass is 235 g/mol. The van der Waals surface area contributed by atoms with Gasteiger partial charge in [0.1, 0.15) is 4.88 Å². The highest BCUT2D eigenvalue weighted by atomic mass is 32.1. The molecule has 4 nitrogen and oxygen atoms in total. The molecule has 0 saturated heterocycles. The summed E-state index contributed by atoms with van der Waals surface area (Å²) >= 11 is 1.37. The lowest BCUT2D eigenvalue weighted by Gasteiger charge is -2.05. The fraction of sp³-hybridized carbons (Fsp3) is 0.273. The maximum absolute atomic E-state index is 11.3. The van der Waals surface area contributed by atoms with E-state index >= 15 is 0 Å². The summed E-state index contributed by atoms with van der Waals surface area (Å²) < 4.78 is 1.88. The molecule has 0 bridgehead atoms. The SMILES string of the molecule is CCn1ncc(C)c1-c1ccsc1C(N)=O. The van der Waals surface area contributed by atoms with Crippen molar-refractivity contribution in [2.75, 3.05) is 0 Å². The average Bonchev–Trinajstić information content (AvgIpc) is 2.82. The van der Waals surface area contributed by atoms with E-state index in [1.165, 1.54) is 11.3 Å². The van der Waals surface area contributed by atoms with Gasteiger partial charge in [-0.05, 0) is 30.9 Å². The van der Waals surface area contributed by atoms with Crippen molar-refractivity contribution in [3.63, 3.8) is 0 Å². The summed E-state index contributed by atoms with van der Waals surface area (Å²) in [6, 6.07) is 1.92. The summed E-state index contributed by atoms with van der Waals surface area (Å²) in [5.74, 6) is -0.381. The molecule has 0 aromatic carbocycles. The Morgan fingerprint density at radius 2 is 2.38 bits per heavy atom. The van der Waals surface area contributed by atoms with Gasteiger partial charge in [-0.25, -0.2) is 0 Å². The van der Waals surface area contributed by atoms with E-state index in [0.717, 1.165) is 23.4 Å². The van der Waals surface area contributed by atoms with Gasteiger partial charge in [-0.15, -0.1) is 11.3 Å². The second kappa shape index (κ2) is 4.09. The van der Waals surface area contributed by atoms with Crippen LogP contribution in [0.2, 0.25) is 0 Å². The number of nitrogens with zero attached hydrogens (tertiary/aromatic N) is 2. The number of rotatable bonds is 3. The highest BCUT2D eigenvalue weighted by Crippen LogP contribution is 2.30. The third-order valence-electron chi connectivity index (χ3n) is 2.47. The van der Waals surface area contributed by atoms with E-state index in [0.29, 0.717) is 4.88 Å². The number of nitrogens with two attached hydrogens (primary N) is 1. The normalized spacial score (nSPS) is 10.6. The van der Waals surface area contributed by atoms with E-state index in [1.807, 2.05) is 30.0 Å². The van der Waals surface area contributed by atoms with Crippen LogP contribution >= 0.6 is 11.3 Å². The molecular formula is C11H13N3OS. The van der Waals surface area contributed by atoms with Crippen molar-refractivity contribution < 1.29 is 4.79 Å². The summed E-state index contributed by atoms with van der Waals surface area (Å²) in [6.45, 7) is 4.78. The zero-order chi connectivity index (χ0) is 11.7. The molecule has 0 unspecified atom stereocenters. The first kappa shape index (κ1) is 10.9. The summed E-state index contributed by atoms with van der Waals surface area (Å²) in [6.07, 6.45) is 1.81. The van der Waals surface area contributed by atoms with Crippen LogP contribution in [0.4, 0.5) is 0 Å². The van der Waals surface area contributed by atoms with Gasteiger partial charge in [0.15, 0.2) is 0 Å². The van der Waals surface area contributed by atoms with Crippen molar-refractivity contribution in [1.82, 2.24) is 9.78 Å². The molecule has 2 aromatic heterocycles. The van der Waals surface area contributed by atoms with Gasteiger partial charge in [-0.1, -0.05) is 0 Å². The fourth-order valence-corrected chi connectivity index (χ4v) is 2.50. The highest BCUT2D eigenvalue weighted by molar-refractivity contribution is 7.12. The minimum absolute atomic E-state index is 0.381. The van der Waals surface area contributed by atoms with Crippen LogP contribution in [-0.4, -0.2) is 15.7 Å². The molecule has 0 radical (unpaired) electrons. The molecule has 16 heavy (non-hydrogen) atoms. The van der Waals surface area contributed by atoms with Crippen LogP contribution in [0.15, 0.2) is 17.6 Å². The average molecular weight is 235 g/mol. The maximum atomic E-state index is 11.3. The maximum Gasteiger partial charge on any atom is 0.259 e. The molecule has 0 saturated carbocycles. The molecule has 5 heteroatoms. The number of aromatic nitrogens is 2. The molecule has 0 fully saturated rings. The topological polar surface area (TPSA) is 60.9 Å². The predicted octanol–water partition coefficient (Wildman–Crippen LogP) is 2.04. The highest BCUT2D eigenvalue weighted by Gasteiger charge is 2.17. The third-order valence-corrected chi connectivity index (χ3v) is 3.40. The van der Waals surface area contributed by atoms with Gasteiger partial charge < -0.3 is 5.73 Å². The predicted molar refractivity (Wildman–Crippen MR) is 64.5 cm³/mol. The van der Waals surface area contributed by atoms with Crippen LogP contribution in [-0.2, 0) is 6.54 Å². The van der Waals surface area contributed by atoms with Gasteiger partial charge in [-0.2, -0.15) is 5.10 Å². The Kier molecular flexibility index (Phi) is 2.78. The molecule has 2 N–H and O–H groups in total. The van der Waals surface area contributed by atoms with E-state index in [2.05, 4.69) is 5.10 Å². The Balaban J connectivity index is 2.62. The summed E-state index contributed by atoms with van der Waals surface area (Å²) in [5.41, 5.74) is 8.27. The zero-order valence-electron chi connectivity index (χ0n) is 9.23. The zero-order valence-corrected chi connectivity index (χ0v) is 10.0. The Morgan fingerprint density at radius 3 is 3.00 bits per heavy atom. The number of carbonyl (C=O) groups excluding carboxylic acids is 1. The van der Waals surface area contributed by atoms with Crippen LogP contribution in [0.25, 0.3) is 11.3 Å². The molecule has 0 aliphatic carbocycles. The molecule has 0 aliphatic heterocycles. The number of aryl methyl sites for hydroxylation is 2. The molecule has 0 aliphatic rings. The number of thiophene rings is 1. The van der Waals surface area contributed by atoms with E-state index in [-0.39, 0.29) is 5.91 Å². The Morgan fingerprint density at radius 1 is 1.62 bits per heavy atom. The van der Waals surface area contributed by atoms with Crippen molar-refractivity contribution >= 4 is 17.2 Å². The van der Waals surface area contributed by atoms with Crippen LogP contribution in [0.3, 0.4) is 0 Å². The summed E-state index contributed by atoms with van der Waals surface area (Å²) in [5, 5.41) is 6.14. The molecule has 0 atom stereocenters. The molecule has 1 amide bonds. The third kappa shape index (κ3) is 1.63. The minimum atomic E-state index is -0.381. The number of hydrogen-bond donors (Lipinski definition) is 1. The molecule has 2 rings (SSSR count). The number of carbonyl (C=O) groups is 1. The van der Waals surface area contributed by atoms with Gasteiger partial charge in [0, 0.05) is 12.1 Å². The fourth-order valence-electron chi connectivity index (χ4n) is 1.76. The van der Waals surface area contributed by atoms with Gasteiger partial charge in [0.2, 0.25) is 0 Å². The standard InChI is InChI=1S/C11H13N3OS/c1-3-14-9(7(2)6-13-14)8-4-5-16-10(8)11(12)15/h4-6H,3H2,1-2H3,(H2,12,15). The lowest BCUT2D eigenvalue weighted by Crippen LogP contribution is -2.11. The quantitative estimate of drug-likeness (QED) is 0.885. The van der Waals surface area contributed by atoms with E-state index < -0.39 is 0 Å². The lowest BCUT2D eigenvalue weighted by atomic mass is 10.1.